The van der Waals surface area contributed by atoms with Gasteiger partial charge in [-0.25, -0.2) is 12.8 Å². The van der Waals surface area contributed by atoms with Crippen molar-refractivity contribution < 1.29 is 12.8 Å². The van der Waals surface area contributed by atoms with Crippen LogP contribution in [0.15, 0.2) is 30.3 Å². The van der Waals surface area contributed by atoms with E-state index >= 15 is 0 Å². The fraction of sp³-hybridized carbons (Fsp3) is 0.545. The summed E-state index contributed by atoms with van der Waals surface area (Å²) in [5, 5.41) is 12.5. The van der Waals surface area contributed by atoms with Crippen LogP contribution in [0, 0.1) is 17.7 Å². The third-order valence-corrected chi connectivity index (χ3v) is 9.09. The van der Waals surface area contributed by atoms with Gasteiger partial charge in [0.1, 0.15) is 21.5 Å². The van der Waals surface area contributed by atoms with E-state index in [1.807, 2.05) is 12.1 Å². The molecule has 0 spiro atoms. The van der Waals surface area contributed by atoms with Crippen molar-refractivity contribution in [3.63, 3.8) is 0 Å². The van der Waals surface area contributed by atoms with Crippen molar-refractivity contribution in [3.05, 3.63) is 41.2 Å². The largest absolute Gasteiger partial charge is 0.366 e. The zero-order valence-electron chi connectivity index (χ0n) is 17.2. The SMILES string of the molecule is O=S1(=O)CCC(N2C[C@H]3CC(Nc4ccc(-c5cc(F)ccc5Cl)nn4)C[C@H]3C2)CC1. The predicted molar refractivity (Wildman–Crippen MR) is 119 cm³/mol. The lowest BCUT2D eigenvalue weighted by molar-refractivity contribution is 0.209. The number of rotatable bonds is 4. The van der Waals surface area contributed by atoms with E-state index in [4.69, 9.17) is 11.6 Å². The third-order valence-electron chi connectivity index (χ3n) is 7.04. The van der Waals surface area contributed by atoms with Crippen molar-refractivity contribution in [2.75, 3.05) is 29.9 Å². The molecule has 3 aliphatic rings. The Hall–Kier alpha value is -1.77. The van der Waals surface area contributed by atoms with E-state index < -0.39 is 9.84 Å². The fourth-order valence-corrected chi connectivity index (χ4v) is 7.13. The number of benzene rings is 1. The molecule has 1 N–H and O–H groups in total. The fourth-order valence-electron chi connectivity index (χ4n) is 5.45. The summed E-state index contributed by atoms with van der Waals surface area (Å²) < 4.78 is 36.9. The van der Waals surface area contributed by atoms with E-state index in [0.717, 1.165) is 44.6 Å². The van der Waals surface area contributed by atoms with Gasteiger partial charge in [-0.3, -0.25) is 4.90 Å². The first-order chi connectivity index (χ1) is 14.9. The van der Waals surface area contributed by atoms with Gasteiger partial charge < -0.3 is 5.32 Å². The van der Waals surface area contributed by atoms with Gasteiger partial charge in [0.05, 0.1) is 22.2 Å². The minimum Gasteiger partial charge on any atom is -0.366 e. The third kappa shape index (κ3) is 4.56. The Morgan fingerprint density at radius 1 is 1.03 bits per heavy atom. The molecule has 2 saturated heterocycles. The van der Waals surface area contributed by atoms with Crippen LogP contribution in [0.5, 0.6) is 0 Å². The molecule has 2 aromatic rings. The monoisotopic (exact) mass is 464 g/mol. The van der Waals surface area contributed by atoms with Crippen molar-refractivity contribution in [3.8, 4) is 11.3 Å². The zero-order chi connectivity index (χ0) is 21.6. The quantitative estimate of drug-likeness (QED) is 0.744. The molecule has 1 saturated carbocycles. The number of nitrogens with one attached hydrogen (secondary N) is 1. The van der Waals surface area contributed by atoms with Crippen LogP contribution in [-0.2, 0) is 9.84 Å². The lowest BCUT2D eigenvalue weighted by Gasteiger charge is -2.31. The van der Waals surface area contributed by atoms with Gasteiger partial charge in [-0.05, 0) is 67.9 Å². The Morgan fingerprint density at radius 2 is 1.74 bits per heavy atom. The molecule has 9 heteroatoms. The van der Waals surface area contributed by atoms with Crippen molar-refractivity contribution in [2.24, 2.45) is 11.8 Å². The second-order valence-electron chi connectivity index (χ2n) is 9.10. The number of aromatic nitrogens is 2. The Labute approximate surface area is 187 Å². The molecule has 0 amide bonds. The molecule has 2 aliphatic heterocycles. The molecule has 0 radical (unpaired) electrons. The van der Waals surface area contributed by atoms with Crippen LogP contribution in [0.1, 0.15) is 25.7 Å². The summed E-state index contributed by atoms with van der Waals surface area (Å²) in [5.41, 5.74) is 1.08. The molecule has 3 atom stereocenters. The second-order valence-corrected chi connectivity index (χ2v) is 11.8. The van der Waals surface area contributed by atoms with E-state index in [0.29, 0.717) is 51.7 Å². The number of halogens is 2. The van der Waals surface area contributed by atoms with Gasteiger partial charge in [0, 0.05) is 30.7 Å². The number of hydrogen-bond donors (Lipinski definition) is 1. The summed E-state index contributed by atoms with van der Waals surface area (Å²) in [6.45, 7) is 2.13. The molecule has 31 heavy (non-hydrogen) atoms. The van der Waals surface area contributed by atoms with E-state index in [1.165, 1.54) is 18.2 Å². The van der Waals surface area contributed by atoms with Crippen molar-refractivity contribution in [1.82, 2.24) is 15.1 Å². The molecule has 3 fully saturated rings. The zero-order valence-corrected chi connectivity index (χ0v) is 18.7. The van der Waals surface area contributed by atoms with E-state index in [2.05, 4.69) is 20.4 Å². The van der Waals surface area contributed by atoms with Gasteiger partial charge in [0.25, 0.3) is 0 Å². The van der Waals surface area contributed by atoms with Crippen molar-refractivity contribution in [1.29, 1.82) is 0 Å². The smallest absolute Gasteiger partial charge is 0.150 e. The highest BCUT2D eigenvalue weighted by Gasteiger charge is 2.43. The Balaban J connectivity index is 1.16. The molecule has 0 bridgehead atoms. The molecule has 6 nitrogen and oxygen atoms in total. The number of fused-ring (bicyclic) bond motifs is 1. The van der Waals surface area contributed by atoms with Gasteiger partial charge in [0.15, 0.2) is 0 Å². The molecular weight excluding hydrogens is 439 g/mol. The van der Waals surface area contributed by atoms with Gasteiger partial charge >= 0.3 is 0 Å². The topological polar surface area (TPSA) is 75.2 Å². The Kier molecular flexibility index (Phi) is 5.65. The van der Waals surface area contributed by atoms with Crippen molar-refractivity contribution in [2.45, 2.75) is 37.8 Å². The highest BCUT2D eigenvalue weighted by molar-refractivity contribution is 7.91. The van der Waals surface area contributed by atoms with Gasteiger partial charge in [-0.15, -0.1) is 10.2 Å². The predicted octanol–water partition coefficient (Wildman–Crippen LogP) is 3.64. The van der Waals surface area contributed by atoms with Gasteiger partial charge in [-0.2, -0.15) is 0 Å². The maximum absolute atomic E-state index is 13.5. The van der Waals surface area contributed by atoms with Crippen LogP contribution >= 0.6 is 11.6 Å². The normalized spacial score (nSPS) is 28.5. The lowest BCUT2D eigenvalue weighted by Crippen LogP contribution is -2.40. The molecule has 1 aliphatic carbocycles. The molecule has 3 heterocycles. The first kappa shape index (κ1) is 21.1. The summed E-state index contributed by atoms with van der Waals surface area (Å²) in [6, 6.07) is 8.67. The first-order valence-electron chi connectivity index (χ1n) is 10.9. The molecule has 1 aromatic heterocycles. The maximum Gasteiger partial charge on any atom is 0.150 e. The first-order valence-corrected chi connectivity index (χ1v) is 13.1. The molecule has 1 aromatic carbocycles. The highest BCUT2D eigenvalue weighted by atomic mass is 35.5. The van der Waals surface area contributed by atoms with Crippen molar-refractivity contribution >= 4 is 27.3 Å². The second kappa shape index (κ2) is 8.30. The summed E-state index contributed by atoms with van der Waals surface area (Å²) in [4.78, 5) is 2.53. The van der Waals surface area contributed by atoms with E-state index in [-0.39, 0.29) is 5.82 Å². The summed E-state index contributed by atoms with van der Waals surface area (Å²) in [5.74, 6) is 2.33. The number of hydrogen-bond acceptors (Lipinski definition) is 6. The molecule has 5 rings (SSSR count). The minimum atomic E-state index is -2.81. The van der Waals surface area contributed by atoms with E-state index in [9.17, 15) is 12.8 Å². The van der Waals surface area contributed by atoms with Crippen LogP contribution in [0.2, 0.25) is 5.02 Å². The van der Waals surface area contributed by atoms with Crippen LogP contribution in [-0.4, -0.2) is 60.2 Å². The highest BCUT2D eigenvalue weighted by Crippen LogP contribution is 2.41. The number of sulfone groups is 1. The standard InChI is InChI=1S/C22H26ClFN4O2S/c23-20-2-1-16(24)11-19(20)21-3-4-22(27-26-21)25-17-9-14-12-28(13-15(14)10-17)18-5-7-31(29,30)8-6-18/h1-4,11,14-15,17-18H,5-10,12-13H2,(H,25,27)/t14-,15+,17?. The van der Waals surface area contributed by atoms with Crippen LogP contribution < -0.4 is 5.32 Å². The van der Waals surface area contributed by atoms with Gasteiger partial charge in [-0.1, -0.05) is 11.6 Å². The average Bonchev–Trinajstić information content (AvgIpc) is 3.29. The van der Waals surface area contributed by atoms with Crippen LogP contribution in [0.25, 0.3) is 11.3 Å². The molecule has 166 valence electrons. The minimum absolute atomic E-state index is 0.336. The molecular formula is C22H26ClFN4O2S. The number of likely N-dealkylation sites (tertiary alicyclic amines) is 1. The average molecular weight is 465 g/mol. The maximum atomic E-state index is 13.5. The van der Waals surface area contributed by atoms with Crippen LogP contribution in [0.4, 0.5) is 10.2 Å². The lowest BCUT2D eigenvalue weighted by atomic mass is 10.0. The Bertz CT molecular complexity index is 1040. The summed E-state index contributed by atoms with van der Waals surface area (Å²) in [6.07, 6.45) is 3.73. The number of nitrogens with zero attached hydrogens (tertiary/aromatic N) is 3. The summed E-state index contributed by atoms with van der Waals surface area (Å²) in [7, 11) is -2.81. The van der Waals surface area contributed by atoms with Gasteiger partial charge in [0.2, 0.25) is 0 Å². The number of anilines is 1. The molecule has 1 unspecified atom stereocenters. The van der Waals surface area contributed by atoms with Crippen LogP contribution in [0.3, 0.4) is 0 Å². The summed E-state index contributed by atoms with van der Waals surface area (Å²) >= 11 is 6.16. The van der Waals surface area contributed by atoms with E-state index in [1.54, 1.807) is 0 Å². The Morgan fingerprint density at radius 3 is 2.39 bits per heavy atom.